The van der Waals surface area contributed by atoms with Crippen LogP contribution in [0.3, 0.4) is 0 Å². The molecule has 0 spiro atoms. The molecule has 1 N–H and O–H groups in total. The summed E-state index contributed by atoms with van der Waals surface area (Å²) in [5.74, 6) is 0.665. The summed E-state index contributed by atoms with van der Waals surface area (Å²) in [6.45, 7) is 2.77. The van der Waals surface area contributed by atoms with Crippen LogP contribution in [0.4, 0.5) is 10.9 Å². The summed E-state index contributed by atoms with van der Waals surface area (Å²) in [6, 6.07) is 11.2. The van der Waals surface area contributed by atoms with Crippen LogP contribution in [0.5, 0.6) is 0 Å². The third-order valence-corrected chi connectivity index (χ3v) is 5.50. The minimum absolute atomic E-state index is 0.0399. The number of carbonyl (C=O) groups excluding carboxylic acids is 1. The molecule has 1 aliphatic heterocycles. The molecule has 3 aromatic rings. The fraction of sp³-hybridized carbons (Fsp3) is 0.316. The Bertz CT molecular complexity index is 929. The van der Waals surface area contributed by atoms with E-state index in [1.54, 1.807) is 12.3 Å². The Kier molecular flexibility index (Phi) is 5.06. The molecule has 0 radical (unpaired) electrons. The maximum Gasteiger partial charge on any atom is 0.273 e. The zero-order valence-corrected chi connectivity index (χ0v) is 15.8. The van der Waals surface area contributed by atoms with Crippen LogP contribution in [0, 0.1) is 0 Å². The number of pyridine rings is 2. The molecule has 0 saturated carbocycles. The lowest BCUT2D eigenvalue weighted by Gasteiger charge is -2.24. The first-order chi connectivity index (χ1) is 13.2. The Morgan fingerprint density at radius 3 is 2.96 bits per heavy atom. The van der Waals surface area contributed by atoms with E-state index in [-0.39, 0.29) is 11.9 Å². The zero-order valence-electron chi connectivity index (χ0n) is 15.0. The van der Waals surface area contributed by atoms with Gasteiger partial charge in [0, 0.05) is 12.7 Å². The molecule has 8 heteroatoms. The van der Waals surface area contributed by atoms with Crippen LogP contribution in [0.25, 0.3) is 0 Å². The number of carbonyl (C=O) groups is 1. The summed E-state index contributed by atoms with van der Waals surface area (Å²) in [6.07, 6.45) is 4.36. The normalized spacial score (nSPS) is 16.5. The number of hydrogen-bond donors (Lipinski definition) is 1. The number of nitrogens with one attached hydrogen (secondary N) is 1. The number of rotatable bonds is 5. The molecule has 4 heterocycles. The van der Waals surface area contributed by atoms with E-state index in [1.807, 2.05) is 35.2 Å². The predicted octanol–water partition coefficient (Wildman–Crippen LogP) is 3.61. The lowest BCUT2D eigenvalue weighted by atomic mass is 10.1. The van der Waals surface area contributed by atoms with Crippen molar-refractivity contribution in [3.8, 4) is 0 Å². The van der Waals surface area contributed by atoms with Crippen molar-refractivity contribution in [1.82, 2.24) is 25.1 Å². The van der Waals surface area contributed by atoms with Gasteiger partial charge in [-0.1, -0.05) is 30.4 Å². The monoisotopic (exact) mass is 380 g/mol. The highest BCUT2D eigenvalue weighted by Gasteiger charge is 2.32. The highest BCUT2D eigenvalue weighted by Crippen LogP contribution is 2.32. The van der Waals surface area contributed by atoms with Crippen LogP contribution in [0.1, 0.15) is 47.0 Å². The number of aryl methyl sites for hydroxylation is 1. The molecule has 7 nitrogen and oxygen atoms in total. The van der Waals surface area contributed by atoms with Crippen molar-refractivity contribution < 1.29 is 4.79 Å². The second kappa shape index (κ2) is 7.79. The Balaban J connectivity index is 1.54. The molecule has 4 rings (SSSR count). The first-order valence-corrected chi connectivity index (χ1v) is 9.84. The van der Waals surface area contributed by atoms with Gasteiger partial charge >= 0.3 is 0 Å². The van der Waals surface area contributed by atoms with Gasteiger partial charge in [0.15, 0.2) is 0 Å². The molecule has 1 fully saturated rings. The Morgan fingerprint density at radius 2 is 2.19 bits per heavy atom. The lowest BCUT2D eigenvalue weighted by Crippen LogP contribution is -2.31. The van der Waals surface area contributed by atoms with Gasteiger partial charge in [-0.2, -0.15) is 0 Å². The number of nitrogens with zero attached hydrogens (tertiary/aromatic N) is 5. The smallest absolute Gasteiger partial charge is 0.273 e. The maximum atomic E-state index is 12.8. The summed E-state index contributed by atoms with van der Waals surface area (Å²) in [7, 11) is 0. The molecule has 1 saturated heterocycles. The van der Waals surface area contributed by atoms with Gasteiger partial charge in [-0.25, -0.2) is 4.98 Å². The van der Waals surface area contributed by atoms with Crippen molar-refractivity contribution in [2.24, 2.45) is 0 Å². The summed E-state index contributed by atoms with van der Waals surface area (Å²) in [4.78, 5) is 23.6. The van der Waals surface area contributed by atoms with Gasteiger partial charge in [0.25, 0.3) is 5.91 Å². The van der Waals surface area contributed by atoms with Gasteiger partial charge in [-0.05, 0) is 43.5 Å². The minimum atomic E-state index is -0.0463. The fourth-order valence-electron chi connectivity index (χ4n) is 3.22. The van der Waals surface area contributed by atoms with E-state index >= 15 is 0 Å². The molecular weight excluding hydrogens is 360 g/mol. The van der Waals surface area contributed by atoms with Crippen LogP contribution in [0.15, 0.2) is 42.6 Å². The molecule has 1 aliphatic rings. The number of aromatic nitrogens is 4. The summed E-state index contributed by atoms with van der Waals surface area (Å²) in [5.41, 5.74) is 1.35. The minimum Gasteiger partial charge on any atom is -0.329 e. The van der Waals surface area contributed by atoms with E-state index < -0.39 is 0 Å². The number of likely N-dealkylation sites (tertiary alicyclic amines) is 1. The average molecular weight is 380 g/mol. The van der Waals surface area contributed by atoms with Crippen molar-refractivity contribution >= 4 is 28.2 Å². The molecular formula is C19H20N6OS. The van der Waals surface area contributed by atoms with Crippen molar-refractivity contribution in [2.45, 2.75) is 32.2 Å². The van der Waals surface area contributed by atoms with E-state index in [1.165, 1.54) is 11.3 Å². The van der Waals surface area contributed by atoms with E-state index in [0.717, 1.165) is 41.6 Å². The van der Waals surface area contributed by atoms with Crippen molar-refractivity contribution in [1.29, 1.82) is 0 Å². The molecule has 3 aromatic heterocycles. The third kappa shape index (κ3) is 3.80. The molecule has 1 atom stereocenters. The van der Waals surface area contributed by atoms with Gasteiger partial charge in [0.05, 0.1) is 11.7 Å². The van der Waals surface area contributed by atoms with Gasteiger partial charge in [-0.3, -0.25) is 9.78 Å². The molecule has 1 amide bonds. The Labute approximate surface area is 161 Å². The van der Waals surface area contributed by atoms with Crippen LogP contribution in [-0.2, 0) is 6.42 Å². The molecule has 0 unspecified atom stereocenters. The number of anilines is 2. The van der Waals surface area contributed by atoms with Crippen LogP contribution < -0.4 is 5.32 Å². The maximum absolute atomic E-state index is 12.8. The molecule has 0 aliphatic carbocycles. The van der Waals surface area contributed by atoms with Gasteiger partial charge in [0.1, 0.15) is 16.5 Å². The van der Waals surface area contributed by atoms with Gasteiger partial charge in [0.2, 0.25) is 5.13 Å². The van der Waals surface area contributed by atoms with E-state index in [4.69, 9.17) is 4.98 Å². The Hall–Kier alpha value is -2.87. The second-order valence-corrected chi connectivity index (χ2v) is 7.36. The predicted molar refractivity (Wildman–Crippen MR) is 104 cm³/mol. The van der Waals surface area contributed by atoms with Crippen LogP contribution >= 0.6 is 11.3 Å². The summed E-state index contributed by atoms with van der Waals surface area (Å²) >= 11 is 1.52. The number of hydrogen-bond acceptors (Lipinski definition) is 7. The first-order valence-electron chi connectivity index (χ1n) is 9.03. The molecule has 27 heavy (non-hydrogen) atoms. The van der Waals surface area contributed by atoms with Crippen molar-refractivity contribution in [2.75, 3.05) is 11.9 Å². The molecule has 0 aromatic carbocycles. The first kappa shape index (κ1) is 17.5. The SMILES string of the molecule is CCc1nnc(Nc2cccc([C@@H]3CCCN3C(=O)c3ccccn3)n2)s1. The zero-order chi connectivity index (χ0) is 18.6. The Morgan fingerprint density at radius 1 is 1.26 bits per heavy atom. The van der Waals surface area contributed by atoms with Gasteiger partial charge < -0.3 is 10.2 Å². The van der Waals surface area contributed by atoms with E-state index in [9.17, 15) is 4.79 Å². The molecule has 0 bridgehead atoms. The fourth-order valence-corrected chi connectivity index (χ4v) is 3.90. The van der Waals surface area contributed by atoms with Crippen LogP contribution in [0.2, 0.25) is 0 Å². The summed E-state index contributed by atoms with van der Waals surface area (Å²) in [5, 5.41) is 13.2. The van der Waals surface area contributed by atoms with Crippen molar-refractivity contribution in [3.05, 3.63) is 59.0 Å². The standard InChI is InChI=1S/C19H20N6OS/c1-2-17-23-24-19(27-17)22-16-10-5-8-13(21-16)15-9-6-12-25(15)18(26)14-7-3-4-11-20-14/h3-5,7-8,10-11,15H,2,6,9,12H2,1H3,(H,21,22,24)/t15-/m0/s1. The lowest BCUT2D eigenvalue weighted by molar-refractivity contribution is 0.0727. The average Bonchev–Trinajstić information content (AvgIpc) is 3.38. The number of amides is 1. The van der Waals surface area contributed by atoms with Crippen LogP contribution in [-0.4, -0.2) is 37.5 Å². The quantitative estimate of drug-likeness (QED) is 0.728. The summed E-state index contributed by atoms with van der Waals surface area (Å²) < 4.78 is 0. The highest BCUT2D eigenvalue weighted by atomic mass is 32.1. The van der Waals surface area contributed by atoms with Gasteiger partial charge in [-0.15, -0.1) is 10.2 Å². The molecule has 138 valence electrons. The third-order valence-electron chi connectivity index (χ3n) is 4.51. The second-order valence-electron chi connectivity index (χ2n) is 6.30. The topological polar surface area (TPSA) is 83.9 Å². The van der Waals surface area contributed by atoms with E-state index in [0.29, 0.717) is 11.5 Å². The van der Waals surface area contributed by atoms with Crippen molar-refractivity contribution in [3.63, 3.8) is 0 Å². The van der Waals surface area contributed by atoms with E-state index in [2.05, 4.69) is 27.4 Å². The highest BCUT2D eigenvalue weighted by molar-refractivity contribution is 7.15. The largest absolute Gasteiger partial charge is 0.329 e.